The van der Waals surface area contributed by atoms with Gasteiger partial charge in [-0.1, -0.05) is 47.1 Å². The number of aliphatic hydroxyl groups is 1. The van der Waals surface area contributed by atoms with Crippen molar-refractivity contribution >= 4 is 47.4 Å². The molecule has 3 N–H and O–H groups in total. The summed E-state index contributed by atoms with van der Waals surface area (Å²) in [6, 6.07) is 13.9. The molecule has 0 heterocycles. The van der Waals surface area contributed by atoms with Gasteiger partial charge in [0.2, 0.25) is 0 Å². The first-order chi connectivity index (χ1) is 10.9. The summed E-state index contributed by atoms with van der Waals surface area (Å²) in [4.78, 5) is 2.17. The van der Waals surface area contributed by atoms with Gasteiger partial charge in [-0.2, -0.15) is 0 Å². The van der Waals surface area contributed by atoms with Crippen LogP contribution >= 0.6 is 47.4 Å². The van der Waals surface area contributed by atoms with Gasteiger partial charge < -0.3 is 10.8 Å². The van der Waals surface area contributed by atoms with Crippen molar-refractivity contribution in [3.8, 4) is 0 Å². The molecule has 0 aromatic heterocycles. The third-order valence-corrected chi connectivity index (χ3v) is 5.18. The molecule has 6 heteroatoms. The molecule has 0 aliphatic carbocycles. The Morgan fingerprint density at radius 1 is 1.12 bits per heavy atom. The summed E-state index contributed by atoms with van der Waals surface area (Å²) < 4.78 is 0. The normalized spacial score (nSPS) is 13.2. The topological polar surface area (TPSA) is 46.2 Å². The van der Waals surface area contributed by atoms with Crippen molar-refractivity contribution in [1.29, 1.82) is 0 Å². The molecule has 2 nitrogen and oxygen atoms in total. The number of rotatable bonds is 7. The van der Waals surface area contributed by atoms with E-state index in [-0.39, 0.29) is 19.0 Å². The van der Waals surface area contributed by atoms with Crippen molar-refractivity contribution in [3.63, 3.8) is 0 Å². The maximum absolute atomic E-state index is 9.18. The molecule has 0 fully saturated rings. The molecule has 0 radical (unpaired) electrons. The van der Waals surface area contributed by atoms with Crippen LogP contribution < -0.4 is 5.73 Å². The zero-order valence-corrected chi connectivity index (χ0v) is 16.6. The Balaban J connectivity index is 0.00000288. The number of nitrogens with two attached hydrogens (primary N) is 1. The van der Waals surface area contributed by atoms with Crippen LogP contribution in [0.1, 0.15) is 25.3 Å². The van der Waals surface area contributed by atoms with Crippen LogP contribution in [0.5, 0.6) is 0 Å². The molecule has 0 amide bonds. The van der Waals surface area contributed by atoms with Gasteiger partial charge in [0.1, 0.15) is 0 Å². The van der Waals surface area contributed by atoms with Gasteiger partial charge in [0.15, 0.2) is 0 Å². The van der Waals surface area contributed by atoms with Gasteiger partial charge in [0, 0.05) is 25.4 Å². The lowest BCUT2D eigenvalue weighted by Gasteiger charge is -2.21. The van der Waals surface area contributed by atoms with Crippen molar-refractivity contribution in [1.82, 2.24) is 0 Å². The van der Waals surface area contributed by atoms with Crippen molar-refractivity contribution in [2.24, 2.45) is 5.73 Å². The highest BCUT2D eigenvalue weighted by atomic mass is 35.5. The molecule has 0 spiro atoms. The van der Waals surface area contributed by atoms with Crippen LogP contribution in [0, 0.1) is 0 Å². The first kappa shape index (κ1) is 21.6. The van der Waals surface area contributed by atoms with Crippen LogP contribution in [0.2, 0.25) is 10.0 Å². The van der Waals surface area contributed by atoms with Gasteiger partial charge >= 0.3 is 0 Å². The van der Waals surface area contributed by atoms with E-state index in [9.17, 15) is 5.11 Å². The van der Waals surface area contributed by atoms with E-state index in [1.165, 1.54) is 0 Å². The molecule has 1 atom stereocenters. The zero-order valence-electron chi connectivity index (χ0n) is 13.5. The predicted octanol–water partition coefficient (Wildman–Crippen LogP) is 5.60. The fourth-order valence-electron chi connectivity index (χ4n) is 2.22. The first-order valence-corrected chi connectivity index (χ1v) is 9.08. The van der Waals surface area contributed by atoms with E-state index in [1.807, 2.05) is 37.3 Å². The van der Waals surface area contributed by atoms with E-state index in [2.05, 4.69) is 12.1 Å². The minimum absolute atomic E-state index is 0. The molecule has 24 heavy (non-hydrogen) atoms. The van der Waals surface area contributed by atoms with E-state index in [1.54, 1.807) is 11.8 Å². The first-order valence-electron chi connectivity index (χ1n) is 7.51. The number of hydrogen-bond donors (Lipinski definition) is 2. The van der Waals surface area contributed by atoms with E-state index >= 15 is 0 Å². The van der Waals surface area contributed by atoms with Gasteiger partial charge in [-0.3, -0.25) is 0 Å². The van der Waals surface area contributed by atoms with E-state index in [0.717, 1.165) is 44.7 Å². The second-order valence-electron chi connectivity index (χ2n) is 5.98. The molecule has 2 aromatic carbocycles. The third kappa shape index (κ3) is 6.83. The highest BCUT2D eigenvalue weighted by molar-refractivity contribution is 7.99. The van der Waals surface area contributed by atoms with E-state index in [0.29, 0.717) is 0 Å². The van der Waals surface area contributed by atoms with E-state index in [4.69, 9.17) is 28.9 Å². The van der Waals surface area contributed by atoms with Crippen LogP contribution in [0.3, 0.4) is 0 Å². The fourth-order valence-corrected chi connectivity index (χ4v) is 3.73. The second kappa shape index (κ2) is 9.91. The summed E-state index contributed by atoms with van der Waals surface area (Å²) in [7, 11) is 0. The SMILES string of the molecule is CC(N)(CO)CCCc1ccc(Sc2cccc(Cl)c2)cc1Cl.Cl. The monoisotopic (exact) mass is 405 g/mol. The van der Waals surface area contributed by atoms with Crippen LogP contribution in [0.25, 0.3) is 0 Å². The number of halogens is 3. The summed E-state index contributed by atoms with van der Waals surface area (Å²) in [5.41, 5.74) is 6.53. The number of aliphatic hydroxyl groups excluding tert-OH is 1. The number of hydrogen-bond acceptors (Lipinski definition) is 3. The minimum atomic E-state index is -0.519. The number of aryl methyl sites for hydroxylation is 1. The maximum atomic E-state index is 9.18. The largest absolute Gasteiger partial charge is 0.394 e. The van der Waals surface area contributed by atoms with Gasteiger partial charge in [0.25, 0.3) is 0 Å². The van der Waals surface area contributed by atoms with Crippen LogP contribution in [0.15, 0.2) is 52.3 Å². The average Bonchev–Trinajstić information content (AvgIpc) is 2.49. The molecular weight excluding hydrogens is 385 g/mol. The fraction of sp³-hybridized carbons (Fsp3) is 0.333. The Morgan fingerprint density at radius 3 is 2.46 bits per heavy atom. The molecule has 0 bridgehead atoms. The predicted molar refractivity (Wildman–Crippen MR) is 107 cm³/mol. The molecule has 0 aliphatic heterocycles. The summed E-state index contributed by atoms with van der Waals surface area (Å²) >= 11 is 14.0. The Bertz CT molecular complexity index is 664. The molecule has 1 unspecified atom stereocenters. The molecular formula is C18H22Cl3NOS. The summed E-state index contributed by atoms with van der Waals surface area (Å²) in [6.07, 6.45) is 2.51. The van der Waals surface area contributed by atoms with Crippen molar-refractivity contribution in [2.45, 2.75) is 41.5 Å². The Labute approximate surface area is 164 Å². The molecule has 2 rings (SSSR count). The Morgan fingerprint density at radius 2 is 1.83 bits per heavy atom. The summed E-state index contributed by atoms with van der Waals surface area (Å²) in [5, 5.41) is 10.7. The lowest BCUT2D eigenvalue weighted by atomic mass is 9.95. The summed E-state index contributed by atoms with van der Waals surface area (Å²) in [6.45, 7) is 1.86. The average molecular weight is 407 g/mol. The van der Waals surface area contributed by atoms with Crippen LogP contribution in [-0.2, 0) is 6.42 Å². The summed E-state index contributed by atoms with van der Waals surface area (Å²) in [5.74, 6) is 0. The maximum Gasteiger partial charge on any atom is 0.0608 e. The molecule has 132 valence electrons. The Kier molecular flexibility index (Phi) is 8.93. The smallest absolute Gasteiger partial charge is 0.0608 e. The third-order valence-electron chi connectivity index (χ3n) is 3.61. The second-order valence-corrected chi connectivity index (χ2v) is 7.97. The molecule has 0 saturated carbocycles. The van der Waals surface area contributed by atoms with Crippen molar-refractivity contribution in [3.05, 3.63) is 58.1 Å². The van der Waals surface area contributed by atoms with Gasteiger partial charge in [-0.25, -0.2) is 0 Å². The van der Waals surface area contributed by atoms with E-state index < -0.39 is 5.54 Å². The van der Waals surface area contributed by atoms with Crippen molar-refractivity contribution < 1.29 is 5.11 Å². The van der Waals surface area contributed by atoms with Gasteiger partial charge in [0.05, 0.1) is 6.61 Å². The quantitative estimate of drug-likeness (QED) is 0.629. The zero-order chi connectivity index (χ0) is 16.9. The Hall–Kier alpha value is -0.420. The lowest BCUT2D eigenvalue weighted by molar-refractivity contribution is 0.198. The standard InChI is InChI=1S/C18H21Cl2NOS.ClH/c1-18(21,12-22)9-3-4-13-7-8-16(11-17(13)20)23-15-6-2-5-14(19)10-15;/h2,5-8,10-11,22H,3-4,9,12,21H2,1H3;1H. The highest BCUT2D eigenvalue weighted by Gasteiger charge is 2.16. The van der Waals surface area contributed by atoms with Crippen molar-refractivity contribution in [2.75, 3.05) is 6.61 Å². The van der Waals surface area contributed by atoms with Gasteiger partial charge in [-0.15, -0.1) is 12.4 Å². The van der Waals surface area contributed by atoms with Crippen LogP contribution in [-0.4, -0.2) is 17.3 Å². The molecule has 0 saturated heterocycles. The minimum Gasteiger partial charge on any atom is -0.394 e. The van der Waals surface area contributed by atoms with Crippen LogP contribution in [0.4, 0.5) is 0 Å². The highest BCUT2D eigenvalue weighted by Crippen LogP contribution is 2.32. The number of benzene rings is 2. The lowest BCUT2D eigenvalue weighted by Crippen LogP contribution is -2.40. The molecule has 0 aliphatic rings. The van der Waals surface area contributed by atoms with Gasteiger partial charge in [-0.05, 0) is 62.1 Å². The molecule has 2 aromatic rings.